The van der Waals surface area contributed by atoms with Gasteiger partial charge >= 0.3 is 12.4 Å². The van der Waals surface area contributed by atoms with Crippen LogP contribution in [0.15, 0.2) is 48.5 Å². The number of halogens is 6. The third-order valence-electron chi connectivity index (χ3n) is 6.21. The van der Waals surface area contributed by atoms with Gasteiger partial charge in [-0.1, -0.05) is 30.3 Å². The molecule has 186 valence electrons. The van der Waals surface area contributed by atoms with E-state index in [1.165, 1.54) is 6.92 Å². The second kappa shape index (κ2) is 9.95. The van der Waals surface area contributed by atoms with E-state index in [0.29, 0.717) is 31.5 Å². The van der Waals surface area contributed by atoms with E-state index >= 15 is 0 Å². The Bertz CT molecular complexity index is 951. The first-order valence-corrected chi connectivity index (χ1v) is 10.8. The molecule has 1 amide bonds. The zero-order chi connectivity index (χ0) is 25.1. The molecule has 0 saturated carbocycles. The molecule has 1 saturated heterocycles. The Labute approximate surface area is 193 Å². The summed E-state index contributed by atoms with van der Waals surface area (Å²) in [5.41, 5.74) is -2.86. The first kappa shape index (κ1) is 26.0. The Balaban J connectivity index is 1.86. The SMILES string of the molecule is CNC(=O)C1CC[C@@](CO[C@H](C)c2cc(C(F)(F)F)cc(C(F)(F)F)c2)(c2ccccc2)NC1. The van der Waals surface area contributed by atoms with Crippen LogP contribution >= 0.6 is 0 Å². The molecule has 0 radical (unpaired) electrons. The van der Waals surface area contributed by atoms with E-state index in [4.69, 9.17) is 4.74 Å². The van der Waals surface area contributed by atoms with Crippen LogP contribution in [0.3, 0.4) is 0 Å². The van der Waals surface area contributed by atoms with Crippen LogP contribution in [0.2, 0.25) is 0 Å². The summed E-state index contributed by atoms with van der Waals surface area (Å²) in [4.78, 5) is 12.0. The first-order chi connectivity index (χ1) is 15.9. The summed E-state index contributed by atoms with van der Waals surface area (Å²) in [6, 6.07) is 10.7. The summed E-state index contributed by atoms with van der Waals surface area (Å²) in [5, 5.41) is 5.96. The lowest BCUT2D eigenvalue weighted by molar-refractivity contribution is -0.143. The maximum absolute atomic E-state index is 13.2. The zero-order valence-electron chi connectivity index (χ0n) is 18.7. The van der Waals surface area contributed by atoms with Gasteiger partial charge in [-0.05, 0) is 49.1 Å². The minimum atomic E-state index is -4.93. The molecule has 1 unspecified atom stereocenters. The van der Waals surface area contributed by atoms with Gasteiger partial charge in [0.15, 0.2) is 0 Å². The van der Waals surface area contributed by atoms with Gasteiger partial charge in [0.1, 0.15) is 0 Å². The number of carbonyl (C=O) groups is 1. The number of hydrogen-bond acceptors (Lipinski definition) is 3. The number of amides is 1. The maximum atomic E-state index is 13.2. The van der Waals surface area contributed by atoms with Crippen LogP contribution in [0.25, 0.3) is 0 Å². The maximum Gasteiger partial charge on any atom is 0.416 e. The number of nitrogens with one attached hydrogen (secondary N) is 2. The van der Waals surface area contributed by atoms with E-state index in [1.54, 1.807) is 7.05 Å². The highest BCUT2D eigenvalue weighted by atomic mass is 19.4. The molecule has 1 aliphatic heterocycles. The highest BCUT2D eigenvalue weighted by Gasteiger charge is 2.40. The lowest BCUT2D eigenvalue weighted by Crippen LogP contribution is -2.54. The van der Waals surface area contributed by atoms with Gasteiger partial charge in [-0.25, -0.2) is 0 Å². The van der Waals surface area contributed by atoms with E-state index in [2.05, 4.69) is 10.6 Å². The van der Waals surface area contributed by atoms with Gasteiger partial charge in [0.25, 0.3) is 0 Å². The fraction of sp³-hybridized carbons (Fsp3) is 0.458. The van der Waals surface area contributed by atoms with Crippen LogP contribution in [0, 0.1) is 5.92 Å². The van der Waals surface area contributed by atoms with Crippen LogP contribution in [0.1, 0.15) is 48.1 Å². The lowest BCUT2D eigenvalue weighted by atomic mass is 9.79. The normalized spacial score (nSPS) is 22.3. The third kappa shape index (κ3) is 5.90. The van der Waals surface area contributed by atoms with Crippen LogP contribution in [-0.4, -0.2) is 26.1 Å². The standard InChI is InChI=1S/C24H26F6N2O2/c1-15(17-10-19(23(25,26)27)12-20(11-17)24(28,29)30)34-14-22(18-6-4-3-5-7-18)9-8-16(13-32-22)21(33)31-2/h3-7,10-12,15-16,32H,8-9,13-14H2,1-2H3,(H,31,33)/t15-,16?,22-/m1/s1. The second-order valence-electron chi connectivity index (χ2n) is 8.47. The average molecular weight is 488 g/mol. The molecule has 1 heterocycles. The molecule has 0 spiro atoms. The largest absolute Gasteiger partial charge is 0.416 e. The number of ether oxygens (including phenoxy) is 1. The average Bonchev–Trinajstić information content (AvgIpc) is 2.81. The number of alkyl halides is 6. The highest BCUT2D eigenvalue weighted by Crippen LogP contribution is 2.39. The fourth-order valence-corrected chi connectivity index (χ4v) is 4.14. The summed E-state index contributed by atoms with van der Waals surface area (Å²) >= 11 is 0. The highest BCUT2D eigenvalue weighted by molar-refractivity contribution is 5.78. The van der Waals surface area contributed by atoms with Crippen molar-refractivity contribution in [3.63, 3.8) is 0 Å². The Hall–Kier alpha value is -2.59. The number of carbonyl (C=O) groups excluding carboxylic acids is 1. The molecule has 2 N–H and O–H groups in total. The van der Waals surface area contributed by atoms with Crippen LogP contribution in [-0.2, 0) is 27.4 Å². The number of hydrogen-bond donors (Lipinski definition) is 2. The third-order valence-corrected chi connectivity index (χ3v) is 6.21. The van der Waals surface area contributed by atoms with Gasteiger partial charge in [-0.15, -0.1) is 0 Å². The van der Waals surface area contributed by atoms with Crippen molar-refractivity contribution in [3.05, 3.63) is 70.8 Å². The monoisotopic (exact) mass is 488 g/mol. The van der Waals surface area contributed by atoms with Gasteiger partial charge in [-0.2, -0.15) is 26.3 Å². The van der Waals surface area contributed by atoms with Gasteiger partial charge < -0.3 is 15.4 Å². The van der Waals surface area contributed by atoms with Crippen molar-refractivity contribution in [2.75, 3.05) is 20.2 Å². The van der Waals surface area contributed by atoms with E-state index < -0.39 is 35.1 Å². The van der Waals surface area contributed by atoms with Crippen molar-refractivity contribution >= 4 is 5.91 Å². The summed E-state index contributed by atoms with van der Waals surface area (Å²) in [6.45, 7) is 1.77. The Morgan fingerprint density at radius 2 is 1.68 bits per heavy atom. The minimum absolute atomic E-state index is 0.00373. The van der Waals surface area contributed by atoms with Crippen molar-refractivity contribution in [1.82, 2.24) is 10.6 Å². The van der Waals surface area contributed by atoms with Crippen molar-refractivity contribution < 1.29 is 35.9 Å². The lowest BCUT2D eigenvalue weighted by Gasteiger charge is -2.41. The molecule has 2 aromatic rings. The van der Waals surface area contributed by atoms with E-state index in [0.717, 1.165) is 5.56 Å². The van der Waals surface area contributed by atoms with Crippen LogP contribution < -0.4 is 10.6 Å². The molecule has 3 rings (SSSR count). The molecule has 4 nitrogen and oxygen atoms in total. The number of benzene rings is 2. The predicted molar refractivity (Wildman–Crippen MR) is 114 cm³/mol. The second-order valence-corrected chi connectivity index (χ2v) is 8.47. The summed E-state index contributed by atoms with van der Waals surface area (Å²) in [5.74, 6) is -0.357. The van der Waals surface area contributed by atoms with E-state index in [-0.39, 0.29) is 30.1 Å². The molecule has 1 aliphatic rings. The van der Waals surface area contributed by atoms with Crippen molar-refractivity contribution in [2.24, 2.45) is 5.92 Å². The van der Waals surface area contributed by atoms with Crippen LogP contribution in [0.5, 0.6) is 0 Å². The molecular weight excluding hydrogens is 462 g/mol. The summed E-state index contributed by atoms with van der Waals surface area (Å²) < 4.78 is 85.3. The quantitative estimate of drug-likeness (QED) is 0.533. The molecule has 2 aromatic carbocycles. The topological polar surface area (TPSA) is 50.4 Å². The van der Waals surface area contributed by atoms with E-state index in [1.807, 2.05) is 30.3 Å². The van der Waals surface area contributed by atoms with Gasteiger partial charge in [0, 0.05) is 13.6 Å². The smallest absolute Gasteiger partial charge is 0.372 e. The Morgan fingerprint density at radius 3 is 2.15 bits per heavy atom. The van der Waals surface area contributed by atoms with Gasteiger partial charge in [0.2, 0.25) is 5.91 Å². The number of piperidine rings is 1. The first-order valence-electron chi connectivity index (χ1n) is 10.8. The minimum Gasteiger partial charge on any atom is -0.372 e. The van der Waals surface area contributed by atoms with Crippen LogP contribution in [0.4, 0.5) is 26.3 Å². The molecule has 0 bridgehead atoms. The molecular formula is C24H26F6N2O2. The Kier molecular flexibility index (Phi) is 7.62. The molecule has 34 heavy (non-hydrogen) atoms. The zero-order valence-corrected chi connectivity index (χ0v) is 18.7. The van der Waals surface area contributed by atoms with Crippen molar-refractivity contribution in [1.29, 1.82) is 0 Å². The molecule has 10 heteroatoms. The molecule has 0 aliphatic carbocycles. The van der Waals surface area contributed by atoms with E-state index in [9.17, 15) is 31.1 Å². The van der Waals surface area contributed by atoms with Crippen molar-refractivity contribution in [3.8, 4) is 0 Å². The van der Waals surface area contributed by atoms with Gasteiger partial charge in [0.05, 0.1) is 35.3 Å². The molecule has 1 fully saturated rings. The Morgan fingerprint density at radius 1 is 1.09 bits per heavy atom. The fourth-order valence-electron chi connectivity index (χ4n) is 4.14. The van der Waals surface area contributed by atoms with Gasteiger partial charge in [-0.3, -0.25) is 4.79 Å². The summed E-state index contributed by atoms with van der Waals surface area (Å²) in [7, 11) is 1.55. The number of rotatable bonds is 6. The molecule has 3 atom stereocenters. The summed E-state index contributed by atoms with van der Waals surface area (Å²) in [6.07, 6.45) is -9.86. The predicted octanol–water partition coefficient (Wildman–Crippen LogP) is 5.44. The molecule has 0 aromatic heterocycles. The van der Waals surface area contributed by atoms with Crippen molar-refractivity contribution in [2.45, 2.75) is 43.8 Å².